The molecule has 1 aromatic carbocycles. The Balaban J connectivity index is 0.000000396. The van der Waals surface area contributed by atoms with E-state index in [9.17, 15) is 4.39 Å². The van der Waals surface area contributed by atoms with Crippen molar-refractivity contribution < 1.29 is 9.50 Å². The van der Waals surface area contributed by atoms with Gasteiger partial charge in [0.05, 0.1) is 0 Å². The monoisotopic (exact) mass is 182 g/mol. The second kappa shape index (κ2) is 4.38. The van der Waals surface area contributed by atoms with Crippen molar-refractivity contribution in [3.63, 3.8) is 0 Å². The Labute approximate surface area is 78.2 Å². The molecule has 1 aromatic rings. The minimum atomic E-state index is -0.137. The van der Waals surface area contributed by atoms with Gasteiger partial charge in [0.15, 0.2) is 0 Å². The Kier molecular flexibility index (Phi) is 3.43. The standard InChI is InChI=1S/C10H11F.CH4O/c1-7-6-10(7)8-2-4-9(11)5-3-8;1-2/h2-5,7,10H,6H2,1H3;2H,1H3/t7-,10+;/m1./s1. The van der Waals surface area contributed by atoms with Crippen LogP contribution in [-0.2, 0) is 0 Å². The average molecular weight is 182 g/mol. The van der Waals surface area contributed by atoms with Crippen molar-refractivity contribution in [2.24, 2.45) is 5.92 Å². The van der Waals surface area contributed by atoms with Crippen LogP contribution in [0.1, 0.15) is 24.8 Å². The van der Waals surface area contributed by atoms with E-state index >= 15 is 0 Å². The van der Waals surface area contributed by atoms with Crippen LogP contribution in [0.5, 0.6) is 0 Å². The maximum Gasteiger partial charge on any atom is 0.123 e. The SMILES string of the molecule is CO.C[C@@H]1C[C@@H]1c1ccc(F)cc1. The van der Waals surface area contributed by atoms with Gasteiger partial charge in [-0.25, -0.2) is 4.39 Å². The fourth-order valence-electron chi connectivity index (χ4n) is 1.50. The molecule has 0 heterocycles. The summed E-state index contributed by atoms with van der Waals surface area (Å²) >= 11 is 0. The van der Waals surface area contributed by atoms with Crippen LogP contribution in [0.3, 0.4) is 0 Å². The summed E-state index contributed by atoms with van der Waals surface area (Å²) in [5, 5.41) is 7.00. The predicted molar refractivity (Wildman–Crippen MR) is 51.1 cm³/mol. The third kappa shape index (κ3) is 2.52. The van der Waals surface area contributed by atoms with Crippen LogP contribution >= 0.6 is 0 Å². The Morgan fingerprint density at radius 3 is 2.08 bits per heavy atom. The van der Waals surface area contributed by atoms with Crippen molar-refractivity contribution >= 4 is 0 Å². The lowest BCUT2D eigenvalue weighted by Gasteiger charge is -1.96. The lowest BCUT2D eigenvalue weighted by atomic mass is 10.1. The molecule has 1 nitrogen and oxygen atoms in total. The second-order valence-corrected chi connectivity index (χ2v) is 3.37. The summed E-state index contributed by atoms with van der Waals surface area (Å²) in [6.45, 7) is 2.23. The molecule has 72 valence electrons. The normalized spacial score (nSPS) is 24.6. The van der Waals surface area contributed by atoms with E-state index in [1.807, 2.05) is 12.1 Å². The predicted octanol–water partition coefficient (Wildman–Crippen LogP) is 2.56. The minimum absolute atomic E-state index is 0.137. The molecule has 0 aromatic heterocycles. The maximum absolute atomic E-state index is 12.5. The molecule has 0 bridgehead atoms. The first-order chi connectivity index (χ1) is 6.27. The van der Waals surface area contributed by atoms with Gasteiger partial charge in [-0.3, -0.25) is 0 Å². The smallest absolute Gasteiger partial charge is 0.123 e. The molecule has 2 heteroatoms. The van der Waals surface area contributed by atoms with Gasteiger partial charge in [-0.2, -0.15) is 0 Å². The van der Waals surface area contributed by atoms with E-state index in [1.165, 1.54) is 12.0 Å². The zero-order valence-electron chi connectivity index (χ0n) is 8.00. The second-order valence-electron chi connectivity index (χ2n) is 3.37. The van der Waals surface area contributed by atoms with Crippen LogP contribution in [0.25, 0.3) is 0 Å². The fourth-order valence-corrected chi connectivity index (χ4v) is 1.50. The zero-order chi connectivity index (χ0) is 9.84. The summed E-state index contributed by atoms with van der Waals surface area (Å²) in [6.07, 6.45) is 1.27. The number of benzene rings is 1. The highest BCUT2D eigenvalue weighted by molar-refractivity contribution is 5.25. The molecule has 1 aliphatic carbocycles. The molecule has 0 aliphatic heterocycles. The summed E-state index contributed by atoms with van der Waals surface area (Å²) < 4.78 is 12.5. The fraction of sp³-hybridized carbons (Fsp3) is 0.455. The molecule has 1 N–H and O–H groups in total. The van der Waals surface area contributed by atoms with Crippen LogP contribution in [0.2, 0.25) is 0 Å². The molecule has 1 fully saturated rings. The molecule has 0 saturated heterocycles. The molecule has 2 atom stereocenters. The van der Waals surface area contributed by atoms with E-state index in [2.05, 4.69) is 6.92 Å². The number of rotatable bonds is 1. The molecular weight excluding hydrogens is 167 g/mol. The Bertz CT molecular complexity index is 255. The molecule has 0 amide bonds. The van der Waals surface area contributed by atoms with E-state index in [0.717, 1.165) is 13.0 Å². The summed E-state index contributed by atoms with van der Waals surface area (Å²) in [7, 11) is 1.00. The Morgan fingerprint density at radius 2 is 1.69 bits per heavy atom. The molecule has 2 rings (SSSR count). The molecule has 1 saturated carbocycles. The first-order valence-electron chi connectivity index (χ1n) is 4.47. The number of aliphatic hydroxyl groups excluding tert-OH is 1. The lowest BCUT2D eigenvalue weighted by Crippen LogP contribution is -1.80. The quantitative estimate of drug-likeness (QED) is 0.707. The number of aliphatic hydroxyl groups is 1. The number of halogens is 1. The van der Waals surface area contributed by atoms with Gasteiger partial charge in [-0.05, 0) is 36.0 Å². The molecule has 0 radical (unpaired) electrons. The van der Waals surface area contributed by atoms with Crippen molar-refractivity contribution in [3.05, 3.63) is 35.6 Å². The van der Waals surface area contributed by atoms with Crippen molar-refractivity contribution in [2.45, 2.75) is 19.3 Å². The van der Waals surface area contributed by atoms with Crippen LogP contribution in [-0.4, -0.2) is 12.2 Å². The van der Waals surface area contributed by atoms with E-state index in [0.29, 0.717) is 5.92 Å². The van der Waals surface area contributed by atoms with Crippen LogP contribution < -0.4 is 0 Å². The highest BCUT2D eigenvalue weighted by Crippen LogP contribution is 2.46. The van der Waals surface area contributed by atoms with Gasteiger partial charge in [0.25, 0.3) is 0 Å². The van der Waals surface area contributed by atoms with Crippen molar-refractivity contribution in [1.82, 2.24) is 0 Å². The minimum Gasteiger partial charge on any atom is -0.400 e. The highest BCUT2D eigenvalue weighted by Gasteiger charge is 2.33. The first-order valence-corrected chi connectivity index (χ1v) is 4.47. The summed E-state index contributed by atoms with van der Waals surface area (Å²) in [6, 6.07) is 6.87. The average Bonchev–Trinajstić information content (AvgIpc) is 2.88. The van der Waals surface area contributed by atoms with Crippen LogP contribution in [0.4, 0.5) is 4.39 Å². The Hall–Kier alpha value is -0.890. The largest absolute Gasteiger partial charge is 0.400 e. The third-order valence-corrected chi connectivity index (χ3v) is 2.41. The lowest BCUT2D eigenvalue weighted by molar-refractivity contribution is 0.399. The summed E-state index contributed by atoms with van der Waals surface area (Å²) in [5.74, 6) is 1.37. The molecule has 0 spiro atoms. The topological polar surface area (TPSA) is 20.2 Å². The van der Waals surface area contributed by atoms with Gasteiger partial charge in [0.1, 0.15) is 5.82 Å². The van der Waals surface area contributed by atoms with Crippen molar-refractivity contribution in [3.8, 4) is 0 Å². The van der Waals surface area contributed by atoms with E-state index in [1.54, 1.807) is 12.1 Å². The van der Waals surface area contributed by atoms with Gasteiger partial charge >= 0.3 is 0 Å². The molecule has 1 aliphatic rings. The van der Waals surface area contributed by atoms with Crippen molar-refractivity contribution in [2.75, 3.05) is 7.11 Å². The van der Waals surface area contributed by atoms with E-state index < -0.39 is 0 Å². The summed E-state index contributed by atoms with van der Waals surface area (Å²) in [4.78, 5) is 0. The molecular formula is C11H15FO. The van der Waals surface area contributed by atoms with Gasteiger partial charge in [-0.15, -0.1) is 0 Å². The van der Waals surface area contributed by atoms with Gasteiger partial charge in [-0.1, -0.05) is 19.1 Å². The van der Waals surface area contributed by atoms with Crippen LogP contribution in [0.15, 0.2) is 24.3 Å². The number of hydrogen-bond donors (Lipinski definition) is 1. The van der Waals surface area contributed by atoms with E-state index in [-0.39, 0.29) is 5.82 Å². The van der Waals surface area contributed by atoms with Gasteiger partial charge in [0.2, 0.25) is 0 Å². The zero-order valence-corrected chi connectivity index (χ0v) is 8.00. The molecule has 13 heavy (non-hydrogen) atoms. The highest BCUT2D eigenvalue weighted by atomic mass is 19.1. The number of hydrogen-bond acceptors (Lipinski definition) is 1. The first kappa shape index (κ1) is 10.2. The van der Waals surface area contributed by atoms with Crippen molar-refractivity contribution in [1.29, 1.82) is 0 Å². The Morgan fingerprint density at radius 1 is 1.23 bits per heavy atom. The molecule has 0 unspecified atom stereocenters. The summed E-state index contributed by atoms with van der Waals surface area (Å²) in [5.41, 5.74) is 1.29. The third-order valence-electron chi connectivity index (χ3n) is 2.41. The van der Waals surface area contributed by atoms with Crippen LogP contribution in [0, 0.1) is 11.7 Å². The van der Waals surface area contributed by atoms with Gasteiger partial charge < -0.3 is 5.11 Å². The van der Waals surface area contributed by atoms with E-state index in [4.69, 9.17) is 5.11 Å². The maximum atomic E-state index is 12.5. The van der Waals surface area contributed by atoms with Gasteiger partial charge in [0, 0.05) is 7.11 Å².